The second kappa shape index (κ2) is 16.3. The van der Waals surface area contributed by atoms with Crippen molar-refractivity contribution in [2.45, 2.75) is 122 Å². The molecular weight excluding hydrogens is 444 g/mol. The SMILES string of the molecule is CCCCCCCCCCCC[C@H](CCCO)O[Si](c1ccccc1)(c1ccccc1)C(C)(C)C. The van der Waals surface area contributed by atoms with Gasteiger partial charge in [0.05, 0.1) is 0 Å². The highest BCUT2D eigenvalue weighted by Gasteiger charge is 2.51. The van der Waals surface area contributed by atoms with Crippen molar-refractivity contribution >= 4 is 18.7 Å². The molecule has 0 saturated heterocycles. The van der Waals surface area contributed by atoms with Crippen LogP contribution in [0.3, 0.4) is 0 Å². The summed E-state index contributed by atoms with van der Waals surface area (Å²) in [4.78, 5) is 0. The van der Waals surface area contributed by atoms with Crippen LogP contribution in [-0.2, 0) is 4.43 Å². The molecule has 0 amide bonds. The molecule has 0 radical (unpaired) electrons. The van der Waals surface area contributed by atoms with Crippen molar-refractivity contribution in [1.29, 1.82) is 0 Å². The summed E-state index contributed by atoms with van der Waals surface area (Å²) in [7, 11) is -2.54. The van der Waals surface area contributed by atoms with Crippen LogP contribution in [0, 0.1) is 0 Å². The quantitative estimate of drug-likeness (QED) is 0.167. The van der Waals surface area contributed by atoms with Gasteiger partial charge in [0.15, 0.2) is 0 Å². The van der Waals surface area contributed by atoms with Crippen LogP contribution >= 0.6 is 0 Å². The van der Waals surface area contributed by atoms with Crippen molar-refractivity contribution in [2.75, 3.05) is 6.61 Å². The number of aliphatic hydroxyl groups is 1. The summed E-state index contributed by atoms with van der Waals surface area (Å²) in [5, 5.41) is 12.3. The summed E-state index contributed by atoms with van der Waals surface area (Å²) >= 11 is 0. The van der Waals surface area contributed by atoms with Gasteiger partial charge >= 0.3 is 0 Å². The maximum atomic E-state index is 9.61. The predicted octanol–water partition coefficient (Wildman–Crippen LogP) is 8.02. The van der Waals surface area contributed by atoms with Crippen LogP contribution in [0.1, 0.15) is 111 Å². The first-order valence-electron chi connectivity index (χ1n) is 14.4. The topological polar surface area (TPSA) is 29.5 Å². The Morgan fingerprint density at radius 3 is 1.51 bits per heavy atom. The molecule has 1 atom stereocenters. The second-order valence-electron chi connectivity index (χ2n) is 11.2. The third-order valence-corrected chi connectivity index (χ3v) is 12.4. The zero-order valence-electron chi connectivity index (χ0n) is 23.1. The fraction of sp³-hybridized carbons (Fsp3) is 0.625. The van der Waals surface area contributed by atoms with Crippen LogP contribution in [-0.4, -0.2) is 26.1 Å². The second-order valence-corrected chi connectivity index (χ2v) is 15.5. The zero-order valence-corrected chi connectivity index (χ0v) is 24.1. The summed E-state index contributed by atoms with van der Waals surface area (Å²) in [5.74, 6) is 0. The molecule has 2 aromatic rings. The average Bonchev–Trinajstić information content (AvgIpc) is 2.86. The standard InChI is InChI=1S/C32H52O2Si/c1-5-6-7-8-9-10-11-12-13-16-22-29(23-21-28-33)34-35(32(2,3)4,30-24-17-14-18-25-30)31-26-19-15-20-27-31/h14-15,17-20,24-27,29,33H,5-13,16,21-23,28H2,1-4H3/t29-/m1/s1. The third-order valence-electron chi connectivity index (χ3n) is 7.32. The van der Waals surface area contributed by atoms with Gasteiger partial charge < -0.3 is 9.53 Å². The summed E-state index contributed by atoms with van der Waals surface area (Å²) in [6.07, 6.45) is 16.5. The lowest BCUT2D eigenvalue weighted by Gasteiger charge is -2.45. The molecule has 2 aromatic carbocycles. The first-order chi connectivity index (χ1) is 17.0. The molecule has 0 bridgehead atoms. The Kier molecular flexibility index (Phi) is 13.9. The first kappa shape index (κ1) is 29.8. The molecule has 0 fully saturated rings. The largest absolute Gasteiger partial charge is 0.404 e. The third kappa shape index (κ3) is 9.52. The minimum absolute atomic E-state index is 0.00898. The van der Waals surface area contributed by atoms with Gasteiger partial charge in [-0.25, -0.2) is 0 Å². The monoisotopic (exact) mass is 496 g/mol. The first-order valence-corrected chi connectivity index (χ1v) is 16.3. The fourth-order valence-corrected chi connectivity index (χ4v) is 10.1. The van der Waals surface area contributed by atoms with Crippen molar-refractivity contribution in [3.05, 3.63) is 60.7 Å². The summed E-state index contributed by atoms with van der Waals surface area (Å²) in [6, 6.07) is 21.9. The van der Waals surface area contributed by atoms with E-state index in [1.165, 1.54) is 74.6 Å². The highest BCUT2D eigenvalue weighted by Crippen LogP contribution is 2.38. The Hall–Kier alpha value is -1.42. The van der Waals surface area contributed by atoms with Crippen LogP contribution in [0.5, 0.6) is 0 Å². The molecular formula is C32H52O2Si. The van der Waals surface area contributed by atoms with E-state index < -0.39 is 8.32 Å². The van der Waals surface area contributed by atoms with Crippen LogP contribution in [0.2, 0.25) is 5.04 Å². The van der Waals surface area contributed by atoms with Gasteiger partial charge in [-0.05, 0) is 34.7 Å². The van der Waals surface area contributed by atoms with Gasteiger partial charge in [-0.3, -0.25) is 0 Å². The fourth-order valence-electron chi connectivity index (χ4n) is 5.38. The van der Waals surface area contributed by atoms with Crippen molar-refractivity contribution in [3.63, 3.8) is 0 Å². The summed E-state index contributed by atoms with van der Waals surface area (Å²) in [6.45, 7) is 9.57. The van der Waals surface area contributed by atoms with Gasteiger partial charge in [0, 0.05) is 12.7 Å². The number of hydrogen-bond acceptors (Lipinski definition) is 2. The molecule has 196 valence electrons. The van der Waals surface area contributed by atoms with Gasteiger partial charge in [-0.1, -0.05) is 153 Å². The van der Waals surface area contributed by atoms with Gasteiger partial charge in [-0.15, -0.1) is 0 Å². The van der Waals surface area contributed by atoms with Crippen LogP contribution < -0.4 is 10.4 Å². The summed E-state index contributed by atoms with van der Waals surface area (Å²) < 4.78 is 7.39. The predicted molar refractivity (Wildman–Crippen MR) is 155 cm³/mol. The Balaban J connectivity index is 2.09. The maximum Gasteiger partial charge on any atom is 0.261 e. The molecule has 3 heteroatoms. The normalized spacial score (nSPS) is 13.2. The lowest BCUT2D eigenvalue weighted by Crippen LogP contribution is -2.67. The number of benzene rings is 2. The molecule has 0 unspecified atom stereocenters. The number of aliphatic hydroxyl groups excluding tert-OH is 1. The van der Waals surface area contributed by atoms with E-state index in [4.69, 9.17) is 4.43 Å². The highest BCUT2D eigenvalue weighted by molar-refractivity contribution is 6.99. The molecule has 0 spiro atoms. The van der Waals surface area contributed by atoms with E-state index in [1.807, 2.05) is 0 Å². The molecule has 0 saturated carbocycles. The van der Waals surface area contributed by atoms with Gasteiger partial charge in [0.2, 0.25) is 0 Å². The Labute approximate surface area is 217 Å². The molecule has 2 nitrogen and oxygen atoms in total. The van der Waals surface area contributed by atoms with Crippen molar-refractivity contribution in [2.24, 2.45) is 0 Å². The smallest absolute Gasteiger partial charge is 0.261 e. The van der Waals surface area contributed by atoms with Crippen LogP contribution in [0.4, 0.5) is 0 Å². The van der Waals surface area contributed by atoms with E-state index in [0.29, 0.717) is 0 Å². The minimum atomic E-state index is -2.54. The molecule has 0 aliphatic carbocycles. The Morgan fingerprint density at radius 1 is 0.657 bits per heavy atom. The van der Waals surface area contributed by atoms with Crippen molar-refractivity contribution in [1.82, 2.24) is 0 Å². The molecule has 0 aliphatic rings. The lowest BCUT2D eigenvalue weighted by atomic mass is 10.0. The lowest BCUT2D eigenvalue weighted by molar-refractivity contribution is 0.149. The molecule has 0 heterocycles. The molecule has 2 rings (SSSR count). The van der Waals surface area contributed by atoms with Crippen LogP contribution in [0.15, 0.2) is 60.7 Å². The van der Waals surface area contributed by atoms with Crippen molar-refractivity contribution < 1.29 is 9.53 Å². The van der Waals surface area contributed by atoms with E-state index in [2.05, 4.69) is 88.4 Å². The van der Waals surface area contributed by atoms with E-state index in [1.54, 1.807) is 0 Å². The van der Waals surface area contributed by atoms with E-state index >= 15 is 0 Å². The molecule has 0 aromatic heterocycles. The number of hydrogen-bond donors (Lipinski definition) is 1. The van der Waals surface area contributed by atoms with E-state index in [0.717, 1.165) is 19.3 Å². The highest BCUT2D eigenvalue weighted by atomic mass is 28.4. The Morgan fingerprint density at radius 2 is 1.09 bits per heavy atom. The zero-order chi connectivity index (χ0) is 25.4. The average molecular weight is 497 g/mol. The molecule has 0 aliphatic heterocycles. The molecule has 1 N–H and O–H groups in total. The van der Waals surface area contributed by atoms with Gasteiger partial charge in [-0.2, -0.15) is 0 Å². The van der Waals surface area contributed by atoms with E-state index in [-0.39, 0.29) is 17.7 Å². The minimum Gasteiger partial charge on any atom is -0.404 e. The number of rotatable bonds is 18. The van der Waals surface area contributed by atoms with Gasteiger partial charge in [0.25, 0.3) is 8.32 Å². The Bertz CT molecular complexity index is 730. The van der Waals surface area contributed by atoms with Crippen molar-refractivity contribution in [3.8, 4) is 0 Å². The summed E-state index contributed by atoms with van der Waals surface area (Å²) in [5.41, 5.74) is 0. The van der Waals surface area contributed by atoms with Crippen LogP contribution in [0.25, 0.3) is 0 Å². The number of unbranched alkanes of at least 4 members (excludes halogenated alkanes) is 9. The van der Waals surface area contributed by atoms with Gasteiger partial charge in [0.1, 0.15) is 0 Å². The van der Waals surface area contributed by atoms with E-state index in [9.17, 15) is 5.11 Å². The maximum absolute atomic E-state index is 9.61. The molecule has 35 heavy (non-hydrogen) atoms.